The molecule has 0 aromatic carbocycles. The molecular formula is C7H4ClN5O3S. The molecular weight excluding hydrogens is 270 g/mol. The third-order valence-corrected chi connectivity index (χ3v) is 3.07. The van der Waals surface area contributed by atoms with Crippen molar-refractivity contribution in [2.24, 2.45) is 0 Å². The number of hydrogen-bond donors (Lipinski definition) is 2. The normalized spacial score (nSPS) is 10.2. The SMILES string of the molecule is O=C(Nc1ncn[nH]1)c1cc([N+](=O)[O-])c(Cl)s1. The second-order valence-electron chi connectivity index (χ2n) is 2.81. The number of H-pyrrole nitrogens is 1. The minimum Gasteiger partial charge on any atom is -0.290 e. The van der Waals surface area contributed by atoms with Crippen LogP contribution in [0.25, 0.3) is 0 Å². The lowest BCUT2D eigenvalue weighted by molar-refractivity contribution is -0.384. The van der Waals surface area contributed by atoms with Gasteiger partial charge < -0.3 is 0 Å². The van der Waals surface area contributed by atoms with Crippen LogP contribution in [0.3, 0.4) is 0 Å². The zero-order chi connectivity index (χ0) is 12.4. The maximum absolute atomic E-state index is 11.6. The first-order chi connectivity index (χ1) is 8.08. The van der Waals surface area contributed by atoms with E-state index in [4.69, 9.17) is 11.6 Å². The Hall–Kier alpha value is -2.00. The molecule has 8 nitrogen and oxygen atoms in total. The van der Waals surface area contributed by atoms with Crippen LogP contribution in [0, 0.1) is 10.1 Å². The largest absolute Gasteiger partial charge is 0.299 e. The summed E-state index contributed by atoms with van der Waals surface area (Å²) in [5, 5.41) is 18.9. The summed E-state index contributed by atoms with van der Waals surface area (Å²) in [5.74, 6) is -0.385. The molecule has 2 heterocycles. The van der Waals surface area contributed by atoms with Crippen molar-refractivity contribution in [3.8, 4) is 0 Å². The van der Waals surface area contributed by atoms with E-state index in [9.17, 15) is 14.9 Å². The van der Waals surface area contributed by atoms with E-state index in [0.717, 1.165) is 17.4 Å². The maximum Gasteiger partial charge on any atom is 0.299 e. The van der Waals surface area contributed by atoms with E-state index in [-0.39, 0.29) is 20.8 Å². The average Bonchev–Trinajstić information content (AvgIpc) is 2.86. The van der Waals surface area contributed by atoms with Gasteiger partial charge in [0.25, 0.3) is 11.6 Å². The quantitative estimate of drug-likeness (QED) is 0.652. The van der Waals surface area contributed by atoms with Gasteiger partial charge in [-0.2, -0.15) is 10.1 Å². The van der Waals surface area contributed by atoms with Crippen LogP contribution in [0.5, 0.6) is 0 Å². The van der Waals surface area contributed by atoms with Crippen LogP contribution in [0.15, 0.2) is 12.4 Å². The molecule has 0 aliphatic carbocycles. The molecule has 0 aliphatic rings. The van der Waals surface area contributed by atoms with Crippen molar-refractivity contribution in [3.63, 3.8) is 0 Å². The minimum atomic E-state index is -0.649. The Morgan fingerprint density at radius 3 is 2.94 bits per heavy atom. The fourth-order valence-electron chi connectivity index (χ4n) is 1.03. The second-order valence-corrected chi connectivity index (χ2v) is 4.47. The Labute approximate surface area is 103 Å². The predicted molar refractivity (Wildman–Crippen MR) is 60.3 cm³/mol. The number of nitrogens with one attached hydrogen (secondary N) is 2. The van der Waals surface area contributed by atoms with Gasteiger partial charge >= 0.3 is 0 Å². The molecule has 0 saturated carbocycles. The molecule has 0 saturated heterocycles. The summed E-state index contributed by atoms with van der Waals surface area (Å²) in [7, 11) is 0. The standard InChI is InChI=1S/C7H4ClN5O3S/c8-5-3(13(15)16)1-4(17-5)6(14)11-7-9-2-10-12-7/h1-2H,(H2,9,10,11,12,14). The number of carbonyl (C=O) groups excluding carboxylic acids is 1. The Morgan fingerprint density at radius 1 is 1.65 bits per heavy atom. The van der Waals surface area contributed by atoms with E-state index in [1.54, 1.807) is 0 Å². The van der Waals surface area contributed by atoms with Crippen LogP contribution >= 0.6 is 22.9 Å². The molecule has 0 fully saturated rings. The number of nitrogens with zero attached hydrogens (tertiary/aromatic N) is 3. The van der Waals surface area contributed by atoms with Gasteiger partial charge in [-0.3, -0.25) is 20.2 Å². The van der Waals surface area contributed by atoms with Crippen molar-refractivity contribution in [1.82, 2.24) is 15.2 Å². The lowest BCUT2D eigenvalue weighted by Crippen LogP contribution is -2.11. The molecule has 1 amide bonds. The summed E-state index contributed by atoms with van der Waals surface area (Å²) >= 11 is 6.45. The van der Waals surface area contributed by atoms with Gasteiger partial charge in [-0.1, -0.05) is 11.6 Å². The first-order valence-corrected chi connectivity index (χ1v) is 5.38. The fourth-order valence-corrected chi connectivity index (χ4v) is 2.15. The zero-order valence-electron chi connectivity index (χ0n) is 8.01. The van der Waals surface area contributed by atoms with Gasteiger partial charge in [-0.05, 0) is 0 Å². The van der Waals surface area contributed by atoms with E-state index in [1.165, 1.54) is 6.33 Å². The zero-order valence-corrected chi connectivity index (χ0v) is 9.58. The van der Waals surface area contributed by atoms with Gasteiger partial charge in [0.1, 0.15) is 11.2 Å². The van der Waals surface area contributed by atoms with Crippen molar-refractivity contribution < 1.29 is 9.72 Å². The third kappa shape index (κ3) is 2.40. The Balaban J connectivity index is 2.20. The number of anilines is 1. The van der Waals surface area contributed by atoms with Gasteiger partial charge in [0.05, 0.1) is 4.92 Å². The van der Waals surface area contributed by atoms with Gasteiger partial charge in [0, 0.05) is 6.07 Å². The third-order valence-electron chi connectivity index (χ3n) is 1.74. The summed E-state index contributed by atoms with van der Waals surface area (Å²) in [4.78, 5) is 25.3. The average molecular weight is 274 g/mol. The Morgan fingerprint density at radius 2 is 2.41 bits per heavy atom. The second kappa shape index (κ2) is 4.47. The van der Waals surface area contributed by atoms with Crippen molar-refractivity contribution in [2.45, 2.75) is 0 Å². The Kier molecular flexibility index (Phi) is 3.02. The summed E-state index contributed by atoms with van der Waals surface area (Å²) in [6.45, 7) is 0. The molecule has 17 heavy (non-hydrogen) atoms. The number of hydrogen-bond acceptors (Lipinski definition) is 6. The maximum atomic E-state index is 11.6. The van der Waals surface area contributed by atoms with Crippen LogP contribution in [0.2, 0.25) is 4.34 Å². The van der Waals surface area contributed by atoms with E-state index in [2.05, 4.69) is 20.5 Å². The van der Waals surface area contributed by atoms with Crippen molar-refractivity contribution in [3.05, 3.63) is 31.7 Å². The lowest BCUT2D eigenvalue weighted by atomic mass is 10.4. The number of amides is 1. The van der Waals surface area contributed by atoms with E-state index >= 15 is 0 Å². The van der Waals surface area contributed by atoms with Crippen molar-refractivity contribution >= 4 is 40.5 Å². The van der Waals surface area contributed by atoms with Gasteiger partial charge in [-0.25, -0.2) is 5.10 Å². The highest BCUT2D eigenvalue weighted by Crippen LogP contribution is 2.33. The fraction of sp³-hybridized carbons (Fsp3) is 0. The molecule has 0 atom stereocenters. The Bertz CT molecular complexity index is 566. The first-order valence-electron chi connectivity index (χ1n) is 4.18. The van der Waals surface area contributed by atoms with Gasteiger partial charge in [0.2, 0.25) is 5.95 Å². The summed E-state index contributed by atoms with van der Waals surface area (Å²) in [6, 6.07) is 1.11. The smallest absolute Gasteiger partial charge is 0.290 e. The molecule has 2 aromatic rings. The van der Waals surface area contributed by atoms with Crippen molar-refractivity contribution in [1.29, 1.82) is 0 Å². The van der Waals surface area contributed by atoms with E-state index < -0.39 is 10.8 Å². The van der Waals surface area contributed by atoms with Crippen LogP contribution < -0.4 is 5.32 Å². The summed E-state index contributed by atoms with van der Waals surface area (Å²) in [5.41, 5.74) is -0.292. The highest BCUT2D eigenvalue weighted by Gasteiger charge is 2.21. The highest BCUT2D eigenvalue weighted by atomic mass is 35.5. The molecule has 0 aliphatic heterocycles. The molecule has 0 unspecified atom stereocenters. The molecule has 0 radical (unpaired) electrons. The number of aromatic amines is 1. The first kappa shape index (κ1) is 11.5. The van der Waals surface area contributed by atoms with Gasteiger partial charge in [-0.15, -0.1) is 11.3 Å². The topological polar surface area (TPSA) is 114 Å². The molecule has 2 N–H and O–H groups in total. The van der Waals surface area contributed by atoms with Crippen LogP contribution in [0.1, 0.15) is 9.67 Å². The number of halogens is 1. The van der Waals surface area contributed by atoms with Crippen LogP contribution in [-0.2, 0) is 0 Å². The monoisotopic (exact) mass is 273 g/mol. The number of carbonyl (C=O) groups is 1. The van der Waals surface area contributed by atoms with Crippen LogP contribution in [0.4, 0.5) is 11.6 Å². The molecule has 0 bridgehead atoms. The van der Waals surface area contributed by atoms with E-state index in [0.29, 0.717) is 0 Å². The minimum absolute atomic E-state index is 0.0438. The van der Waals surface area contributed by atoms with Crippen molar-refractivity contribution in [2.75, 3.05) is 5.32 Å². The number of nitro groups is 1. The highest BCUT2D eigenvalue weighted by molar-refractivity contribution is 7.18. The summed E-state index contributed by atoms with van der Waals surface area (Å²) in [6.07, 6.45) is 1.22. The molecule has 10 heteroatoms. The van der Waals surface area contributed by atoms with E-state index in [1.807, 2.05) is 0 Å². The number of rotatable bonds is 3. The number of aromatic nitrogens is 3. The number of thiophene rings is 1. The lowest BCUT2D eigenvalue weighted by Gasteiger charge is -1.96. The molecule has 2 rings (SSSR count). The molecule has 88 valence electrons. The summed E-state index contributed by atoms with van der Waals surface area (Å²) < 4.78 is -0.0438. The predicted octanol–water partition coefficient (Wildman–Crippen LogP) is 1.68. The van der Waals surface area contributed by atoms with Gasteiger partial charge in [0.15, 0.2) is 4.34 Å². The van der Waals surface area contributed by atoms with Crippen LogP contribution in [-0.4, -0.2) is 26.0 Å². The molecule has 2 aromatic heterocycles. The molecule has 0 spiro atoms.